The number of rotatable bonds is 11. The minimum absolute atomic E-state index is 0.0602. The number of hydrogen-bond donors (Lipinski definition) is 1. The molecular weight excluding hydrogens is 238 g/mol. The molecule has 1 saturated heterocycles. The van der Waals surface area contributed by atoms with E-state index in [4.69, 9.17) is 24.1 Å². The van der Waals surface area contributed by atoms with Crippen molar-refractivity contribution in [3.63, 3.8) is 0 Å². The Hall–Kier alpha value is -0.240. The van der Waals surface area contributed by atoms with Crippen molar-refractivity contribution in [2.45, 2.75) is 0 Å². The van der Waals surface area contributed by atoms with E-state index in [0.29, 0.717) is 33.0 Å². The highest BCUT2D eigenvalue weighted by molar-refractivity contribution is 4.60. The lowest BCUT2D eigenvalue weighted by Gasteiger charge is -2.26. The van der Waals surface area contributed by atoms with Gasteiger partial charge in [0.25, 0.3) is 0 Å². The van der Waals surface area contributed by atoms with Crippen molar-refractivity contribution in [1.29, 1.82) is 0 Å². The molecule has 1 fully saturated rings. The fraction of sp³-hybridized carbons (Fsp3) is 1.00. The number of ether oxygens (including phenoxy) is 4. The van der Waals surface area contributed by atoms with E-state index >= 15 is 0 Å². The van der Waals surface area contributed by atoms with Crippen molar-refractivity contribution in [1.82, 2.24) is 4.90 Å². The van der Waals surface area contributed by atoms with E-state index in [9.17, 15) is 0 Å². The molecule has 1 aliphatic rings. The van der Waals surface area contributed by atoms with Gasteiger partial charge in [-0.3, -0.25) is 4.90 Å². The largest absolute Gasteiger partial charge is 0.394 e. The van der Waals surface area contributed by atoms with Gasteiger partial charge in [0.2, 0.25) is 0 Å². The second kappa shape index (κ2) is 11.8. The van der Waals surface area contributed by atoms with Crippen molar-refractivity contribution < 1.29 is 24.1 Å². The molecule has 6 heteroatoms. The second-order valence-electron chi connectivity index (χ2n) is 4.01. The molecule has 6 nitrogen and oxygen atoms in total. The van der Waals surface area contributed by atoms with Crippen molar-refractivity contribution in [3.05, 3.63) is 0 Å². The summed E-state index contributed by atoms with van der Waals surface area (Å²) < 4.78 is 21.1. The third-order valence-electron chi connectivity index (χ3n) is 2.64. The van der Waals surface area contributed by atoms with Crippen LogP contribution in [0.5, 0.6) is 0 Å². The fourth-order valence-corrected chi connectivity index (χ4v) is 1.62. The molecule has 108 valence electrons. The summed E-state index contributed by atoms with van der Waals surface area (Å²) in [6.45, 7) is 8.08. The molecule has 0 radical (unpaired) electrons. The Balaban J connectivity index is 1.73. The van der Waals surface area contributed by atoms with E-state index in [2.05, 4.69) is 4.90 Å². The van der Waals surface area contributed by atoms with Gasteiger partial charge in [-0.15, -0.1) is 0 Å². The van der Waals surface area contributed by atoms with Gasteiger partial charge in [0.05, 0.1) is 59.5 Å². The lowest BCUT2D eigenvalue weighted by Crippen LogP contribution is -2.38. The third-order valence-corrected chi connectivity index (χ3v) is 2.64. The summed E-state index contributed by atoms with van der Waals surface area (Å²) in [5.41, 5.74) is 0. The molecule has 0 aromatic rings. The number of hydrogen-bond acceptors (Lipinski definition) is 6. The van der Waals surface area contributed by atoms with E-state index in [1.165, 1.54) is 0 Å². The van der Waals surface area contributed by atoms with E-state index in [-0.39, 0.29) is 6.61 Å². The van der Waals surface area contributed by atoms with Gasteiger partial charge >= 0.3 is 0 Å². The van der Waals surface area contributed by atoms with Gasteiger partial charge in [-0.25, -0.2) is 0 Å². The lowest BCUT2D eigenvalue weighted by atomic mass is 10.4. The van der Waals surface area contributed by atoms with Crippen molar-refractivity contribution in [2.24, 2.45) is 0 Å². The monoisotopic (exact) mass is 263 g/mol. The molecule has 1 rings (SSSR count). The molecule has 0 spiro atoms. The first-order chi connectivity index (χ1) is 8.93. The maximum Gasteiger partial charge on any atom is 0.0701 e. The van der Waals surface area contributed by atoms with E-state index in [0.717, 1.165) is 39.5 Å². The normalized spacial score (nSPS) is 17.2. The first-order valence-electron chi connectivity index (χ1n) is 6.57. The molecule has 1 aliphatic heterocycles. The van der Waals surface area contributed by atoms with Crippen molar-refractivity contribution in [3.8, 4) is 0 Å². The second-order valence-corrected chi connectivity index (χ2v) is 4.01. The number of aliphatic hydroxyl groups is 1. The van der Waals surface area contributed by atoms with Crippen LogP contribution >= 0.6 is 0 Å². The molecular formula is C12H25NO5. The SMILES string of the molecule is OCCOCCOCCOCCN1CCOCC1. The van der Waals surface area contributed by atoms with E-state index < -0.39 is 0 Å². The summed E-state index contributed by atoms with van der Waals surface area (Å²) in [4.78, 5) is 2.34. The quantitative estimate of drug-likeness (QED) is 0.500. The molecule has 0 bridgehead atoms. The highest BCUT2D eigenvalue weighted by atomic mass is 16.5. The Bertz CT molecular complexity index is 176. The first-order valence-corrected chi connectivity index (χ1v) is 6.57. The Morgan fingerprint density at radius 2 is 1.39 bits per heavy atom. The maximum absolute atomic E-state index is 8.48. The summed E-state index contributed by atoms with van der Waals surface area (Å²) in [6, 6.07) is 0. The van der Waals surface area contributed by atoms with Crippen molar-refractivity contribution in [2.75, 3.05) is 79.1 Å². The van der Waals surface area contributed by atoms with Crippen LogP contribution in [0.1, 0.15) is 0 Å². The summed E-state index contributed by atoms with van der Waals surface area (Å²) in [5, 5.41) is 8.48. The highest BCUT2D eigenvalue weighted by Crippen LogP contribution is 1.95. The van der Waals surface area contributed by atoms with Crippen LogP contribution in [0, 0.1) is 0 Å². The highest BCUT2D eigenvalue weighted by Gasteiger charge is 2.08. The minimum Gasteiger partial charge on any atom is -0.394 e. The molecule has 0 unspecified atom stereocenters. The average Bonchev–Trinajstić information content (AvgIpc) is 2.42. The summed E-state index contributed by atoms with van der Waals surface area (Å²) >= 11 is 0. The Morgan fingerprint density at radius 1 is 0.833 bits per heavy atom. The van der Waals surface area contributed by atoms with Crippen LogP contribution < -0.4 is 0 Å². The van der Waals surface area contributed by atoms with Crippen LogP contribution in [0.4, 0.5) is 0 Å². The number of aliphatic hydroxyl groups excluding tert-OH is 1. The maximum atomic E-state index is 8.48. The van der Waals surface area contributed by atoms with Gasteiger partial charge < -0.3 is 24.1 Å². The predicted molar refractivity (Wildman–Crippen MR) is 66.8 cm³/mol. The van der Waals surface area contributed by atoms with Crippen LogP contribution in [0.2, 0.25) is 0 Å². The zero-order valence-electron chi connectivity index (χ0n) is 11.0. The van der Waals surface area contributed by atoms with Crippen LogP contribution in [-0.2, 0) is 18.9 Å². The van der Waals surface area contributed by atoms with E-state index in [1.54, 1.807) is 0 Å². The summed E-state index contributed by atoms with van der Waals surface area (Å²) in [7, 11) is 0. The average molecular weight is 263 g/mol. The third kappa shape index (κ3) is 8.79. The van der Waals surface area contributed by atoms with Crippen LogP contribution in [0.15, 0.2) is 0 Å². The molecule has 1 heterocycles. The molecule has 0 aromatic heterocycles. The van der Waals surface area contributed by atoms with Gasteiger partial charge in [0.15, 0.2) is 0 Å². The van der Waals surface area contributed by atoms with Gasteiger partial charge in [-0.1, -0.05) is 0 Å². The van der Waals surface area contributed by atoms with Gasteiger partial charge in [-0.05, 0) is 0 Å². The Morgan fingerprint density at radius 3 is 2.00 bits per heavy atom. The smallest absolute Gasteiger partial charge is 0.0701 e. The Labute approximate surface area is 109 Å². The van der Waals surface area contributed by atoms with Crippen LogP contribution in [-0.4, -0.2) is 89.1 Å². The Kier molecular flexibility index (Phi) is 10.4. The van der Waals surface area contributed by atoms with Crippen molar-refractivity contribution >= 4 is 0 Å². The number of nitrogens with zero attached hydrogens (tertiary/aromatic N) is 1. The van der Waals surface area contributed by atoms with Crippen LogP contribution in [0.3, 0.4) is 0 Å². The molecule has 18 heavy (non-hydrogen) atoms. The standard InChI is InChI=1S/C12H25NO5/c14-4-8-17-10-12-18-11-9-16-7-3-13-1-5-15-6-2-13/h14H,1-12H2. The summed E-state index contributed by atoms with van der Waals surface area (Å²) in [5.74, 6) is 0. The molecule has 0 aromatic carbocycles. The molecule has 1 N–H and O–H groups in total. The topological polar surface area (TPSA) is 60.4 Å². The molecule has 0 saturated carbocycles. The van der Waals surface area contributed by atoms with Gasteiger partial charge in [0.1, 0.15) is 0 Å². The molecule has 0 aliphatic carbocycles. The zero-order valence-corrected chi connectivity index (χ0v) is 11.0. The first kappa shape index (κ1) is 15.8. The van der Waals surface area contributed by atoms with Gasteiger partial charge in [0, 0.05) is 19.6 Å². The zero-order chi connectivity index (χ0) is 12.9. The van der Waals surface area contributed by atoms with Gasteiger partial charge in [-0.2, -0.15) is 0 Å². The summed E-state index contributed by atoms with van der Waals surface area (Å²) in [6.07, 6.45) is 0. The van der Waals surface area contributed by atoms with Crippen LogP contribution in [0.25, 0.3) is 0 Å². The van der Waals surface area contributed by atoms with E-state index in [1.807, 2.05) is 0 Å². The fourth-order valence-electron chi connectivity index (χ4n) is 1.62. The minimum atomic E-state index is 0.0602. The molecule has 0 atom stereocenters. The lowest BCUT2D eigenvalue weighted by molar-refractivity contribution is -0.00527. The predicted octanol–water partition coefficient (Wildman–Crippen LogP) is -0.639. The molecule has 0 amide bonds. The number of morpholine rings is 1.